The van der Waals surface area contributed by atoms with E-state index in [9.17, 15) is 5.11 Å². The maximum Gasteiger partial charge on any atom is 0.0626 e. The lowest BCUT2D eigenvalue weighted by molar-refractivity contribution is 0.138. The van der Waals surface area contributed by atoms with Gasteiger partial charge in [-0.2, -0.15) is 0 Å². The van der Waals surface area contributed by atoms with Crippen molar-refractivity contribution >= 4 is 0 Å². The van der Waals surface area contributed by atoms with Gasteiger partial charge in [0.2, 0.25) is 0 Å². The van der Waals surface area contributed by atoms with Crippen LogP contribution < -0.4 is 5.32 Å². The molecule has 2 N–H and O–H groups in total. The molecule has 0 aromatic rings. The molecule has 106 valence electrons. The van der Waals surface area contributed by atoms with Gasteiger partial charge in [-0.15, -0.1) is 0 Å². The number of nitrogens with zero attached hydrogens (tertiary/aromatic N) is 1. The van der Waals surface area contributed by atoms with Crippen LogP contribution in [0, 0.1) is 0 Å². The second-order valence-corrected chi connectivity index (χ2v) is 6.59. The Morgan fingerprint density at radius 2 is 1.89 bits per heavy atom. The summed E-state index contributed by atoms with van der Waals surface area (Å²) < 4.78 is 0. The summed E-state index contributed by atoms with van der Waals surface area (Å²) in [5, 5.41) is 13.6. The first-order valence-corrected chi connectivity index (χ1v) is 7.78. The van der Waals surface area contributed by atoms with Crippen LogP contribution in [-0.2, 0) is 0 Å². The highest BCUT2D eigenvalue weighted by Gasteiger charge is 2.39. The van der Waals surface area contributed by atoms with Crippen molar-refractivity contribution in [3.8, 4) is 0 Å². The lowest BCUT2D eigenvalue weighted by atomic mass is 9.96. The highest BCUT2D eigenvalue weighted by atomic mass is 16.3. The Balaban J connectivity index is 1.92. The molecule has 1 aliphatic heterocycles. The zero-order chi connectivity index (χ0) is 13.0. The van der Waals surface area contributed by atoms with E-state index in [1.54, 1.807) is 0 Å². The van der Waals surface area contributed by atoms with E-state index in [4.69, 9.17) is 0 Å². The smallest absolute Gasteiger partial charge is 0.0626 e. The first-order chi connectivity index (χ1) is 8.65. The predicted molar refractivity (Wildman–Crippen MR) is 75.8 cm³/mol. The van der Waals surface area contributed by atoms with Crippen molar-refractivity contribution in [2.45, 2.75) is 76.4 Å². The third kappa shape index (κ3) is 3.46. The minimum atomic E-state index is -0.0285. The zero-order valence-electron chi connectivity index (χ0n) is 12.1. The van der Waals surface area contributed by atoms with Gasteiger partial charge in [-0.25, -0.2) is 0 Å². The second-order valence-electron chi connectivity index (χ2n) is 6.59. The summed E-state index contributed by atoms with van der Waals surface area (Å²) >= 11 is 0. The van der Waals surface area contributed by atoms with Crippen LogP contribution >= 0.6 is 0 Å². The van der Waals surface area contributed by atoms with Crippen molar-refractivity contribution in [2.24, 2.45) is 0 Å². The van der Waals surface area contributed by atoms with Crippen LogP contribution in [0.4, 0.5) is 0 Å². The monoisotopic (exact) mass is 254 g/mol. The molecule has 2 fully saturated rings. The SMILES string of the molecule is CC(C)N1CCC(CO)(NC2CCCCCC2)C1. The Morgan fingerprint density at radius 1 is 1.22 bits per heavy atom. The lowest BCUT2D eigenvalue weighted by Crippen LogP contribution is -2.55. The average molecular weight is 254 g/mol. The first-order valence-electron chi connectivity index (χ1n) is 7.78. The molecule has 0 aromatic heterocycles. The molecule has 1 saturated heterocycles. The van der Waals surface area contributed by atoms with Crippen molar-refractivity contribution in [3.05, 3.63) is 0 Å². The van der Waals surface area contributed by atoms with Crippen LogP contribution in [0.3, 0.4) is 0 Å². The summed E-state index contributed by atoms with van der Waals surface area (Å²) in [6.07, 6.45) is 9.18. The van der Waals surface area contributed by atoms with Crippen molar-refractivity contribution in [2.75, 3.05) is 19.7 Å². The summed E-state index contributed by atoms with van der Waals surface area (Å²) in [7, 11) is 0. The fourth-order valence-corrected chi connectivity index (χ4v) is 3.49. The number of rotatable bonds is 4. The Kier molecular flexibility index (Phi) is 5.05. The zero-order valence-corrected chi connectivity index (χ0v) is 12.1. The van der Waals surface area contributed by atoms with Crippen LogP contribution in [0.25, 0.3) is 0 Å². The molecule has 0 amide bonds. The van der Waals surface area contributed by atoms with Gasteiger partial charge in [0, 0.05) is 25.2 Å². The Morgan fingerprint density at radius 3 is 2.39 bits per heavy atom. The van der Waals surface area contributed by atoms with Gasteiger partial charge in [0.05, 0.1) is 12.1 Å². The Labute approximate surface area is 112 Å². The number of aliphatic hydroxyl groups is 1. The molecule has 2 rings (SSSR count). The molecule has 0 spiro atoms. The second kappa shape index (κ2) is 6.36. The summed E-state index contributed by atoms with van der Waals surface area (Å²) in [6.45, 7) is 6.92. The largest absolute Gasteiger partial charge is 0.394 e. The minimum Gasteiger partial charge on any atom is -0.394 e. The molecule has 1 unspecified atom stereocenters. The molecular formula is C15H30N2O. The van der Waals surface area contributed by atoms with E-state index in [1.807, 2.05) is 0 Å². The molecule has 0 aromatic carbocycles. The van der Waals surface area contributed by atoms with Crippen LogP contribution in [0.5, 0.6) is 0 Å². The fourth-order valence-electron chi connectivity index (χ4n) is 3.49. The van der Waals surface area contributed by atoms with Gasteiger partial charge in [0.1, 0.15) is 0 Å². The topological polar surface area (TPSA) is 35.5 Å². The van der Waals surface area contributed by atoms with Crippen molar-refractivity contribution in [1.29, 1.82) is 0 Å². The van der Waals surface area contributed by atoms with Gasteiger partial charge in [-0.05, 0) is 33.1 Å². The minimum absolute atomic E-state index is 0.0285. The summed E-state index contributed by atoms with van der Waals surface area (Å²) in [4.78, 5) is 2.49. The molecule has 0 bridgehead atoms. The standard InChI is InChI=1S/C15H30N2O/c1-13(2)17-10-9-15(11-17,12-18)16-14-7-5-3-4-6-8-14/h13-14,16,18H,3-12H2,1-2H3. The third-order valence-electron chi connectivity index (χ3n) is 4.78. The number of hydrogen-bond donors (Lipinski definition) is 2. The van der Waals surface area contributed by atoms with E-state index in [0.717, 1.165) is 19.5 Å². The maximum atomic E-state index is 9.83. The molecular weight excluding hydrogens is 224 g/mol. The van der Waals surface area contributed by atoms with Gasteiger partial charge in [0.25, 0.3) is 0 Å². The maximum absolute atomic E-state index is 9.83. The van der Waals surface area contributed by atoms with Crippen LogP contribution in [0.2, 0.25) is 0 Å². The summed E-state index contributed by atoms with van der Waals surface area (Å²) in [5.74, 6) is 0. The Hall–Kier alpha value is -0.120. The molecule has 3 heteroatoms. The van der Waals surface area contributed by atoms with Gasteiger partial charge in [-0.1, -0.05) is 25.7 Å². The van der Waals surface area contributed by atoms with E-state index in [1.165, 1.54) is 38.5 Å². The van der Waals surface area contributed by atoms with E-state index < -0.39 is 0 Å². The number of aliphatic hydroxyl groups excluding tert-OH is 1. The van der Waals surface area contributed by atoms with Crippen LogP contribution in [0.1, 0.15) is 58.8 Å². The van der Waals surface area contributed by atoms with Gasteiger partial charge >= 0.3 is 0 Å². The fraction of sp³-hybridized carbons (Fsp3) is 1.00. The van der Waals surface area contributed by atoms with Gasteiger partial charge in [0.15, 0.2) is 0 Å². The molecule has 0 radical (unpaired) electrons. The number of likely N-dealkylation sites (tertiary alicyclic amines) is 1. The van der Waals surface area contributed by atoms with Crippen molar-refractivity contribution < 1.29 is 5.11 Å². The van der Waals surface area contributed by atoms with E-state index in [2.05, 4.69) is 24.1 Å². The van der Waals surface area contributed by atoms with Gasteiger partial charge in [-0.3, -0.25) is 4.90 Å². The molecule has 2 aliphatic rings. The molecule has 3 nitrogen and oxygen atoms in total. The van der Waals surface area contributed by atoms with Crippen LogP contribution in [-0.4, -0.2) is 47.3 Å². The Bertz CT molecular complexity index is 249. The van der Waals surface area contributed by atoms with Gasteiger partial charge < -0.3 is 10.4 Å². The van der Waals surface area contributed by atoms with Crippen molar-refractivity contribution in [1.82, 2.24) is 10.2 Å². The van der Waals surface area contributed by atoms with Crippen molar-refractivity contribution in [3.63, 3.8) is 0 Å². The highest BCUT2D eigenvalue weighted by molar-refractivity contribution is 4.99. The molecule has 1 heterocycles. The summed E-state index contributed by atoms with van der Waals surface area (Å²) in [5.41, 5.74) is -0.0285. The quantitative estimate of drug-likeness (QED) is 0.755. The lowest BCUT2D eigenvalue weighted by Gasteiger charge is -2.34. The van der Waals surface area contributed by atoms with E-state index >= 15 is 0 Å². The predicted octanol–water partition coefficient (Wildman–Crippen LogP) is 2.14. The molecule has 1 saturated carbocycles. The number of nitrogens with one attached hydrogen (secondary N) is 1. The molecule has 18 heavy (non-hydrogen) atoms. The average Bonchev–Trinajstić information content (AvgIpc) is 2.62. The molecule has 1 aliphatic carbocycles. The normalized spacial score (nSPS) is 32.0. The van der Waals surface area contributed by atoms with E-state index in [0.29, 0.717) is 12.1 Å². The van der Waals surface area contributed by atoms with E-state index in [-0.39, 0.29) is 12.1 Å². The third-order valence-corrected chi connectivity index (χ3v) is 4.78. The molecule has 1 atom stereocenters. The van der Waals surface area contributed by atoms with Crippen LogP contribution in [0.15, 0.2) is 0 Å². The first kappa shape index (κ1) is 14.3. The highest BCUT2D eigenvalue weighted by Crippen LogP contribution is 2.26. The summed E-state index contributed by atoms with van der Waals surface area (Å²) in [6, 6.07) is 1.22. The number of hydrogen-bond acceptors (Lipinski definition) is 3.